The van der Waals surface area contributed by atoms with Crippen molar-refractivity contribution in [1.29, 1.82) is 0 Å². The van der Waals surface area contributed by atoms with Gasteiger partial charge in [-0.1, -0.05) is 11.6 Å². The van der Waals surface area contributed by atoms with Crippen molar-refractivity contribution >= 4 is 38.4 Å². The average molecular weight is 317 g/mol. The zero-order valence-corrected chi connectivity index (χ0v) is 11.4. The lowest BCUT2D eigenvalue weighted by atomic mass is 10.2. The Labute approximate surface area is 112 Å². The van der Waals surface area contributed by atoms with Crippen molar-refractivity contribution in [1.82, 2.24) is 14.8 Å². The van der Waals surface area contributed by atoms with Crippen LogP contribution >= 0.6 is 27.5 Å². The number of ether oxygens (including phenoxy) is 1. The van der Waals surface area contributed by atoms with Crippen LogP contribution in [0, 0.1) is 0 Å². The van der Waals surface area contributed by atoms with Crippen molar-refractivity contribution in [2.75, 3.05) is 6.61 Å². The predicted molar refractivity (Wildman–Crippen MR) is 69.1 cm³/mol. The number of fused-ring (bicyclic) bond motifs is 1. The molecular formula is C11H11BrClN3O. The summed E-state index contributed by atoms with van der Waals surface area (Å²) in [6.45, 7) is 0.789. The van der Waals surface area contributed by atoms with E-state index in [1.165, 1.54) is 0 Å². The van der Waals surface area contributed by atoms with E-state index in [1.54, 1.807) is 12.4 Å². The molecule has 0 bridgehead atoms. The summed E-state index contributed by atoms with van der Waals surface area (Å²) in [5, 5.41) is 5.96. The maximum Gasteiger partial charge on any atom is 0.150 e. The number of hydrogen-bond donors (Lipinski definition) is 0. The second kappa shape index (κ2) is 4.55. The molecule has 2 aromatic heterocycles. The molecule has 1 unspecified atom stereocenters. The van der Waals surface area contributed by atoms with Crippen molar-refractivity contribution in [2.24, 2.45) is 0 Å². The lowest BCUT2D eigenvalue weighted by Gasteiger charge is -2.23. The number of hydrogen-bond acceptors (Lipinski definition) is 3. The standard InChI is InChI=1S/C11H11BrClN3O/c12-11-10-7(13)5-14-6-8(10)16(15-11)9-3-1-2-4-17-9/h5-6,9H,1-4H2. The molecule has 1 aliphatic heterocycles. The highest BCUT2D eigenvalue weighted by Gasteiger charge is 2.21. The van der Waals surface area contributed by atoms with Gasteiger partial charge in [-0.3, -0.25) is 4.98 Å². The average Bonchev–Trinajstić information content (AvgIpc) is 2.69. The van der Waals surface area contributed by atoms with E-state index in [-0.39, 0.29) is 6.23 Å². The number of nitrogens with zero attached hydrogens (tertiary/aromatic N) is 3. The van der Waals surface area contributed by atoms with Gasteiger partial charge in [0, 0.05) is 12.8 Å². The maximum atomic E-state index is 6.13. The van der Waals surface area contributed by atoms with Crippen LogP contribution in [0.15, 0.2) is 17.0 Å². The zero-order chi connectivity index (χ0) is 11.8. The van der Waals surface area contributed by atoms with E-state index in [0.717, 1.165) is 41.4 Å². The monoisotopic (exact) mass is 315 g/mol. The van der Waals surface area contributed by atoms with Gasteiger partial charge in [0.2, 0.25) is 0 Å². The molecule has 3 rings (SSSR count). The molecular weight excluding hydrogens is 305 g/mol. The third-order valence-corrected chi connectivity index (χ3v) is 3.80. The van der Waals surface area contributed by atoms with E-state index < -0.39 is 0 Å². The quantitative estimate of drug-likeness (QED) is 0.808. The summed E-state index contributed by atoms with van der Waals surface area (Å²) < 4.78 is 8.35. The van der Waals surface area contributed by atoms with Gasteiger partial charge in [-0.25, -0.2) is 4.68 Å². The van der Waals surface area contributed by atoms with Crippen LogP contribution in [-0.2, 0) is 4.74 Å². The number of halogens is 2. The number of aromatic nitrogens is 3. The molecule has 0 radical (unpaired) electrons. The first-order chi connectivity index (χ1) is 8.27. The van der Waals surface area contributed by atoms with Crippen molar-refractivity contribution in [3.8, 4) is 0 Å². The minimum absolute atomic E-state index is 0.00202. The summed E-state index contributed by atoms with van der Waals surface area (Å²) in [6, 6.07) is 0. The SMILES string of the molecule is Clc1cncc2c1c(Br)nn2C1CCCCO1. The van der Waals surface area contributed by atoms with Crippen LogP contribution in [0.4, 0.5) is 0 Å². The van der Waals surface area contributed by atoms with Crippen molar-refractivity contribution in [3.05, 3.63) is 22.0 Å². The van der Waals surface area contributed by atoms with Gasteiger partial charge >= 0.3 is 0 Å². The van der Waals surface area contributed by atoms with Gasteiger partial charge < -0.3 is 4.74 Å². The second-order valence-electron chi connectivity index (χ2n) is 4.07. The molecule has 0 saturated carbocycles. The normalized spacial score (nSPS) is 20.9. The highest BCUT2D eigenvalue weighted by Crippen LogP contribution is 2.33. The molecule has 0 aliphatic carbocycles. The van der Waals surface area contributed by atoms with Gasteiger partial charge in [-0.15, -0.1) is 0 Å². The highest BCUT2D eigenvalue weighted by atomic mass is 79.9. The van der Waals surface area contributed by atoms with Gasteiger partial charge in [0.15, 0.2) is 6.23 Å². The first kappa shape index (κ1) is 11.4. The van der Waals surface area contributed by atoms with Crippen LogP contribution in [0.5, 0.6) is 0 Å². The molecule has 1 fully saturated rings. The van der Waals surface area contributed by atoms with E-state index in [2.05, 4.69) is 26.0 Å². The summed E-state index contributed by atoms with van der Waals surface area (Å²) in [5.74, 6) is 0. The van der Waals surface area contributed by atoms with Crippen LogP contribution in [0.3, 0.4) is 0 Å². The lowest BCUT2D eigenvalue weighted by Crippen LogP contribution is -2.19. The molecule has 90 valence electrons. The molecule has 1 aliphatic rings. The zero-order valence-electron chi connectivity index (χ0n) is 9.07. The summed E-state index contributed by atoms with van der Waals surface area (Å²) in [6.07, 6.45) is 6.67. The van der Waals surface area contributed by atoms with Crippen LogP contribution in [0.2, 0.25) is 5.02 Å². The molecule has 6 heteroatoms. The first-order valence-corrected chi connectivity index (χ1v) is 6.73. The van der Waals surface area contributed by atoms with Crippen LogP contribution < -0.4 is 0 Å². The van der Waals surface area contributed by atoms with Crippen molar-refractivity contribution in [3.63, 3.8) is 0 Å². The Morgan fingerprint density at radius 1 is 1.41 bits per heavy atom. The highest BCUT2D eigenvalue weighted by molar-refractivity contribution is 9.10. The summed E-state index contributed by atoms with van der Waals surface area (Å²) in [5.41, 5.74) is 0.913. The fourth-order valence-corrected chi connectivity index (χ4v) is 3.08. The van der Waals surface area contributed by atoms with E-state index in [9.17, 15) is 0 Å². The summed E-state index contributed by atoms with van der Waals surface area (Å²) >= 11 is 9.56. The molecule has 3 heterocycles. The van der Waals surface area contributed by atoms with Gasteiger partial charge in [-0.05, 0) is 35.2 Å². The molecule has 1 saturated heterocycles. The minimum Gasteiger partial charge on any atom is -0.356 e. The van der Waals surface area contributed by atoms with Crippen LogP contribution in [0.25, 0.3) is 10.9 Å². The molecule has 0 spiro atoms. The number of pyridine rings is 1. The Hall–Kier alpha value is -0.650. The maximum absolute atomic E-state index is 6.13. The Kier molecular flexibility index (Phi) is 3.06. The molecule has 1 atom stereocenters. The molecule has 0 N–H and O–H groups in total. The molecule has 17 heavy (non-hydrogen) atoms. The van der Waals surface area contributed by atoms with E-state index in [0.29, 0.717) is 5.02 Å². The largest absolute Gasteiger partial charge is 0.356 e. The van der Waals surface area contributed by atoms with Gasteiger partial charge in [0.05, 0.1) is 22.1 Å². The van der Waals surface area contributed by atoms with Gasteiger partial charge in [0.1, 0.15) is 4.60 Å². The van der Waals surface area contributed by atoms with E-state index >= 15 is 0 Å². The van der Waals surface area contributed by atoms with E-state index in [4.69, 9.17) is 16.3 Å². The molecule has 2 aromatic rings. The Morgan fingerprint density at radius 3 is 3.06 bits per heavy atom. The van der Waals surface area contributed by atoms with Crippen molar-refractivity contribution in [2.45, 2.75) is 25.5 Å². The second-order valence-corrected chi connectivity index (χ2v) is 5.23. The fourth-order valence-electron chi connectivity index (χ4n) is 2.14. The minimum atomic E-state index is -0.00202. The van der Waals surface area contributed by atoms with Crippen LogP contribution in [0.1, 0.15) is 25.5 Å². The van der Waals surface area contributed by atoms with Crippen LogP contribution in [-0.4, -0.2) is 21.4 Å². The Balaban J connectivity index is 2.13. The summed E-state index contributed by atoms with van der Waals surface area (Å²) in [4.78, 5) is 4.11. The Bertz CT molecular complexity index is 551. The first-order valence-electron chi connectivity index (χ1n) is 5.56. The predicted octanol–water partition coefficient (Wildman–Crippen LogP) is 3.55. The number of rotatable bonds is 1. The van der Waals surface area contributed by atoms with Crippen molar-refractivity contribution < 1.29 is 4.74 Å². The molecule has 0 aromatic carbocycles. The van der Waals surface area contributed by atoms with Gasteiger partial charge in [-0.2, -0.15) is 5.10 Å². The third-order valence-electron chi connectivity index (χ3n) is 2.96. The smallest absolute Gasteiger partial charge is 0.150 e. The van der Waals surface area contributed by atoms with E-state index in [1.807, 2.05) is 4.68 Å². The molecule has 0 amide bonds. The third kappa shape index (κ3) is 1.96. The Morgan fingerprint density at radius 2 is 2.29 bits per heavy atom. The molecule has 4 nitrogen and oxygen atoms in total. The topological polar surface area (TPSA) is 39.9 Å². The van der Waals surface area contributed by atoms with Gasteiger partial charge in [0.25, 0.3) is 0 Å². The fraction of sp³-hybridized carbons (Fsp3) is 0.455. The lowest BCUT2D eigenvalue weighted by molar-refractivity contribution is -0.0368. The summed E-state index contributed by atoms with van der Waals surface area (Å²) in [7, 11) is 0.